The van der Waals surface area contributed by atoms with Gasteiger partial charge in [0.25, 0.3) is 0 Å². The van der Waals surface area contributed by atoms with Crippen LogP contribution in [0, 0.1) is 0 Å². The van der Waals surface area contributed by atoms with E-state index in [4.69, 9.17) is 14.2 Å². The largest absolute Gasteiger partial charge is 0.462 e. The van der Waals surface area contributed by atoms with Crippen LogP contribution in [0.25, 0.3) is 0 Å². The highest BCUT2D eigenvalue weighted by molar-refractivity contribution is 5.71. The van der Waals surface area contributed by atoms with Crippen LogP contribution in [0.1, 0.15) is 271 Å². The number of allylic oxidation sites excluding steroid dienone is 4. The molecule has 0 bridgehead atoms. The average molecular weight is 817 g/mol. The van der Waals surface area contributed by atoms with Crippen LogP contribution in [0.15, 0.2) is 24.3 Å². The lowest BCUT2D eigenvalue weighted by molar-refractivity contribution is -0.167. The van der Waals surface area contributed by atoms with Gasteiger partial charge >= 0.3 is 17.9 Å². The summed E-state index contributed by atoms with van der Waals surface area (Å²) in [4.78, 5) is 37.9. The molecule has 0 rings (SSSR count). The van der Waals surface area contributed by atoms with Crippen molar-refractivity contribution in [3.63, 3.8) is 0 Å². The second-order valence-corrected chi connectivity index (χ2v) is 17.1. The van der Waals surface area contributed by atoms with E-state index in [-0.39, 0.29) is 31.1 Å². The number of carbonyl (C=O) groups excluding carboxylic acids is 3. The molecule has 6 nitrogen and oxygen atoms in total. The van der Waals surface area contributed by atoms with Crippen molar-refractivity contribution in [2.24, 2.45) is 0 Å². The Morgan fingerprint density at radius 2 is 0.621 bits per heavy atom. The van der Waals surface area contributed by atoms with Crippen LogP contribution >= 0.6 is 0 Å². The lowest BCUT2D eigenvalue weighted by Gasteiger charge is -2.18. The minimum Gasteiger partial charge on any atom is -0.462 e. The summed E-state index contributed by atoms with van der Waals surface area (Å²) in [7, 11) is 0. The van der Waals surface area contributed by atoms with Crippen LogP contribution in [-0.2, 0) is 28.6 Å². The summed E-state index contributed by atoms with van der Waals surface area (Å²) in [6.07, 6.45) is 53.0. The van der Waals surface area contributed by atoms with Gasteiger partial charge < -0.3 is 14.2 Å². The first-order valence-corrected chi connectivity index (χ1v) is 25.3. The highest BCUT2D eigenvalue weighted by atomic mass is 16.6. The second-order valence-electron chi connectivity index (χ2n) is 17.1. The number of esters is 3. The van der Waals surface area contributed by atoms with Gasteiger partial charge in [-0.05, 0) is 51.4 Å². The molecule has 0 aromatic rings. The van der Waals surface area contributed by atoms with Crippen molar-refractivity contribution in [3.05, 3.63) is 24.3 Å². The van der Waals surface area contributed by atoms with E-state index in [2.05, 4.69) is 45.1 Å². The summed E-state index contributed by atoms with van der Waals surface area (Å²) in [6.45, 7) is 6.61. The van der Waals surface area contributed by atoms with Crippen LogP contribution in [0.2, 0.25) is 0 Å². The number of carbonyl (C=O) groups is 3. The number of hydrogen-bond donors (Lipinski definition) is 0. The average Bonchev–Trinajstić information content (AvgIpc) is 3.22. The highest BCUT2D eigenvalue weighted by Gasteiger charge is 2.19. The van der Waals surface area contributed by atoms with E-state index in [1.807, 2.05) is 0 Å². The molecule has 0 radical (unpaired) electrons. The van der Waals surface area contributed by atoms with Crippen molar-refractivity contribution in [2.75, 3.05) is 13.2 Å². The van der Waals surface area contributed by atoms with Crippen LogP contribution < -0.4 is 0 Å². The maximum Gasteiger partial charge on any atom is 0.306 e. The fourth-order valence-corrected chi connectivity index (χ4v) is 7.36. The normalized spacial score (nSPS) is 12.1. The second kappa shape index (κ2) is 47.6. The Balaban J connectivity index is 4.31. The molecule has 6 heteroatoms. The Hall–Kier alpha value is -2.11. The Morgan fingerprint density at radius 3 is 0.983 bits per heavy atom. The van der Waals surface area contributed by atoms with Gasteiger partial charge in [0.2, 0.25) is 0 Å². The summed E-state index contributed by atoms with van der Waals surface area (Å²) >= 11 is 0. The SMILES string of the molecule is CCCCC/C=C\C/C=C\CCCCCCCCCC(=O)OC[C@@H](COC(=O)CCCCCCCCCCCC)OC(=O)CCCCCCCCCCCCCCC. The predicted octanol–water partition coefficient (Wildman–Crippen LogP) is 16.4. The van der Waals surface area contributed by atoms with E-state index in [9.17, 15) is 14.4 Å². The minimum atomic E-state index is -0.767. The smallest absolute Gasteiger partial charge is 0.306 e. The van der Waals surface area contributed by atoms with Gasteiger partial charge in [-0.3, -0.25) is 14.4 Å². The van der Waals surface area contributed by atoms with Gasteiger partial charge in [0.15, 0.2) is 6.10 Å². The van der Waals surface area contributed by atoms with E-state index in [0.29, 0.717) is 19.3 Å². The molecule has 0 aromatic heterocycles. The van der Waals surface area contributed by atoms with Crippen molar-refractivity contribution in [1.29, 1.82) is 0 Å². The molecule has 0 amide bonds. The lowest BCUT2D eigenvalue weighted by atomic mass is 10.0. The number of hydrogen-bond acceptors (Lipinski definition) is 6. The van der Waals surface area contributed by atoms with E-state index in [0.717, 1.165) is 70.6 Å². The van der Waals surface area contributed by atoms with Crippen molar-refractivity contribution >= 4 is 17.9 Å². The zero-order valence-corrected chi connectivity index (χ0v) is 38.8. The molecular formula is C52H96O6. The molecule has 0 aliphatic rings. The molecule has 0 N–H and O–H groups in total. The Labute approximate surface area is 360 Å². The molecular weight excluding hydrogens is 721 g/mol. The van der Waals surface area contributed by atoms with E-state index in [1.165, 1.54) is 161 Å². The van der Waals surface area contributed by atoms with Gasteiger partial charge in [0, 0.05) is 19.3 Å². The molecule has 0 saturated carbocycles. The Kier molecular flexibility index (Phi) is 45.8. The van der Waals surface area contributed by atoms with E-state index in [1.54, 1.807) is 0 Å². The van der Waals surface area contributed by atoms with Crippen LogP contribution in [0.5, 0.6) is 0 Å². The minimum absolute atomic E-state index is 0.0693. The maximum atomic E-state index is 12.8. The Bertz CT molecular complexity index is 942. The van der Waals surface area contributed by atoms with Gasteiger partial charge in [-0.1, -0.05) is 225 Å². The molecule has 0 spiro atoms. The topological polar surface area (TPSA) is 78.9 Å². The summed E-state index contributed by atoms with van der Waals surface area (Å²) in [5.41, 5.74) is 0. The molecule has 0 fully saturated rings. The van der Waals surface area contributed by atoms with Gasteiger partial charge in [0.05, 0.1) is 0 Å². The van der Waals surface area contributed by atoms with Crippen molar-refractivity contribution in [2.45, 2.75) is 277 Å². The summed E-state index contributed by atoms with van der Waals surface area (Å²) in [5, 5.41) is 0. The lowest BCUT2D eigenvalue weighted by Crippen LogP contribution is -2.30. The van der Waals surface area contributed by atoms with Crippen molar-refractivity contribution in [3.8, 4) is 0 Å². The van der Waals surface area contributed by atoms with Gasteiger partial charge in [-0.2, -0.15) is 0 Å². The number of unbranched alkanes of at least 4 members (excludes halogenated alkanes) is 31. The van der Waals surface area contributed by atoms with Crippen LogP contribution in [-0.4, -0.2) is 37.2 Å². The predicted molar refractivity (Wildman–Crippen MR) is 247 cm³/mol. The molecule has 0 unspecified atom stereocenters. The summed E-state index contributed by atoms with van der Waals surface area (Å²) < 4.78 is 16.8. The highest BCUT2D eigenvalue weighted by Crippen LogP contribution is 2.16. The summed E-state index contributed by atoms with van der Waals surface area (Å²) in [5.74, 6) is -0.867. The van der Waals surface area contributed by atoms with Crippen molar-refractivity contribution < 1.29 is 28.6 Å². The van der Waals surface area contributed by atoms with Gasteiger partial charge in [-0.25, -0.2) is 0 Å². The molecule has 1 atom stereocenters. The van der Waals surface area contributed by atoms with Crippen LogP contribution in [0.4, 0.5) is 0 Å². The van der Waals surface area contributed by atoms with E-state index < -0.39 is 6.10 Å². The number of rotatable bonds is 46. The molecule has 0 aliphatic heterocycles. The molecule has 0 aliphatic carbocycles. The molecule has 0 heterocycles. The third-order valence-corrected chi connectivity index (χ3v) is 11.2. The fraction of sp³-hybridized carbons (Fsp3) is 0.865. The monoisotopic (exact) mass is 817 g/mol. The van der Waals surface area contributed by atoms with Gasteiger partial charge in [0.1, 0.15) is 13.2 Å². The first-order valence-electron chi connectivity index (χ1n) is 25.3. The molecule has 58 heavy (non-hydrogen) atoms. The third kappa shape index (κ3) is 45.0. The fourth-order valence-electron chi connectivity index (χ4n) is 7.36. The van der Waals surface area contributed by atoms with Gasteiger partial charge in [-0.15, -0.1) is 0 Å². The third-order valence-electron chi connectivity index (χ3n) is 11.2. The standard InChI is InChI=1S/C52H96O6/c1-4-7-10-13-16-19-22-24-25-26-27-29-30-33-36-39-42-45-51(54)57-48-49(47-56-50(53)44-41-38-35-32-21-18-15-12-9-6-3)58-52(55)46-43-40-37-34-31-28-23-20-17-14-11-8-5-2/h16,19,24-25,49H,4-15,17-18,20-23,26-48H2,1-3H3/b19-16-,25-24-/t49-/m1/s1. The number of ether oxygens (including phenoxy) is 3. The first-order chi connectivity index (χ1) is 28.5. The van der Waals surface area contributed by atoms with E-state index >= 15 is 0 Å². The molecule has 0 aromatic carbocycles. The van der Waals surface area contributed by atoms with Crippen molar-refractivity contribution in [1.82, 2.24) is 0 Å². The molecule has 340 valence electrons. The quantitative estimate of drug-likeness (QED) is 0.0263. The Morgan fingerprint density at radius 1 is 0.345 bits per heavy atom. The zero-order chi connectivity index (χ0) is 42.3. The zero-order valence-electron chi connectivity index (χ0n) is 38.8. The molecule has 0 saturated heterocycles. The summed E-state index contributed by atoms with van der Waals surface area (Å²) in [6, 6.07) is 0. The van der Waals surface area contributed by atoms with Crippen LogP contribution in [0.3, 0.4) is 0 Å². The first kappa shape index (κ1) is 55.9. The maximum absolute atomic E-state index is 12.8.